The number of rotatable bonds is 0. The molecule has 2 aromatic carbocycles. The van der Waals surface area contributed by atoms with Crippen molar-refractivity contribution >= 4 is 9.19 Å². The van der Waals surface area contributed by atoms with Gasteiger partial charge in [0.05, 0.1) is 0 Å². The molecular weight excluding hydrogens is 401 g/mol. The third kappa shape index (κ3) is 8.51. The average molecular weight is 415 g/mol. The van der Waals surface area contributed by atoms with Gasteiger partial charge < -0.3 is 0 Å². The third-order valence-electron chi connectivity index (χ3n) is 1.69. The zero-order valence-electron chi connectivity index (χ0n) is 8.87. The molecule has 0 atom stereocenters. The van der Waals surface area contributed by atoms with E-state index in [2.05, 4.69) is 23.0 Å². The predicted octanol–water partition coefficient (Wildman–Crippen LogP) is 4.42. The van der Waals surface area contributed by atoms with E-state index in [1.165, 1.54) is 0 Å². The van der Waals surface area contributed by atoms with Crippen LogP contribution in [0.2, 0.25) is 0 Å². The molecule has 16 heavy (non-hydrogen) atoms. The topological polar surface area (TPSA) is 0 Å². The van der Waals surface area contributed by atoms with Gasteiger partial charge in [0.25, 0.3) is 0 Å². The van der Waals surface area contributed by atoms with E-state index < -0.39 is 0 Å². The molecule has 0 saturated carbocycles. The summed E-state index contributed by atoms with van der Waals surface area (Å²) in [4.78, 5) is 0. The minimum absolute atomic E-state index is 1.07. The van der Waals surface area contributed by atoms with Gasteiger partial charge in [0.2, 0.25) is 0 Å². The van der Waals surface area contributed by atoms with E-state index in [-0.39, 0.29) is 0 Å². The van der Waals surface area contributed by atoms with Crippen LogP contribution in [0.15, 0.2) is 60.7 Å². The van der Waals surface area contributed by atoms with Crippen LogP contribution < -0.4 is 0 Å². The summed E-state index contributed by atoms with van der Waals surface area (Å²) in [6.45, 7) is 7.44. The molecular formula is C14H14AuCl-2. The summed E-state index contributed by atoms with van der Waals surface area (Å²) in [6, 6.07) is 19.7. The Labute approximate surface area is 114 Å². The van der Waals surface area contributed by atoms with Crippen LogP contribution in [0.4, 0.5) is 0 Å². The fourth-order valence-corrected chi connectivity index (χ4v) is 0.956. The molecule has 0 spiro atoms. The van der Waals surface area contributed by atoms with E-state index in [4.69, 9.17) is 0 Å². The monoisotopic (exact) mass is 414 g/mol. The Morgan fingerprint density at radius 1 is 0.625 bits per heavy atom. The zero-order chi connectivity index (χ0) is 12.2. The van der Waals surface area contributed by atoms with Gasteiger partial charge in [-0.05, 0) is 0 Å². The van der Waals surface area contributed by atoms with E-state index in [1.807, 2.05) is 60.7 Å². The Balaban J connectivity index is 0.000000244. The minimum atomic E-state index is 1.07. The molecule has 0 heterocycles. The maximum atomic E-state index is 4.58. The van der Waals surface area contributed by atoms with Gasteiger partial charge in [-0.25, -0.2) is 0 Å². The van der Waals surface area contributed by atoms with Crippen LogP contribution in [-0.2, 0) is 20.0 Å². The molecule has 0 aliphatic heterocycles. The Bertz CT molecular complexity index is 308. The van der Waals surface area contributed by atoms with Gasteiger partial charge >= 0.3 is 29.2 Å². The van der Waals surface area contributed by atoms with Gasteiger partial charge in [0.15, 0.2) is 0 Å². The van der Waals surface area contributed by atoms with E-state index >= 15 is 0 Å². The van der Waals surface area contributed by atoms with Crippen LogP contribution in [0, 0.1) is 13.8 Å². The second-order valence-corrected chi connectivity index (χ2v) is 2.97. The first-order valence-corrected chi connectivity index (χ1v) is 7.33. The fraction of sp³-hybridized carbons (Fsp3) is 0. The van der Waals surface area contributed by atoms with Crippen molar-refractivity contribution in [3.8, 4) is 0 Å². The van der Waals surface area contributed by atoms with Crippen LogP contribution in [0.3, 0.4) is 0 Å². The zero-order valence-corrected chi connectivity index (χ0v) is 11.8. The maximum absolute atomic E-state index is 4.58. The van der Waals surface area contributed by atoms with Gasteiger partial charge in [-0.1, -0.05) is 12.1 Å². The second-order valence-electron chi connectivity index (χ2n) is 2.97. The number of halogens is 1. The van der Waals surface area contributed by atoms with E-state index in [1.54, 1.807) is 20.0 Å². The van der Waals surface area contributed by atoms with Crippen molar-refractivity contribution in [2.45, 2.75) is 0 Å². The van der Waals surface area contributed by atoms with Crippen molar-refractivity contribution in [1.29, 1.82) is 0 Å². The van der Waals surface area contributed by atoms with Gasteiger partial charge in [0.1, 0.15) is 0 Å². The number of benzene rings is 2. The molecule has 0 unspecified atom stereocenters. The van der Waals surface area contributed by atoms with Gasteiger partial charge in [-0.3, -0.25) is 0 Å². The molecule has 0 radical (unpaired) electrons. The van der Waals surface area contributed by atoms with Crippen LogP contribution in [0.1, 0.15) is 11.1 Å². The molecule has 0 N–H and O–H groups in total. The van der Waals surface area contributed by atoms with Crippen molar-refractivity contribution in [2.24, 2.45) is 0 Å². The second kappa shape index (κ2) is 10.7. The van der Waals surface area contributed by atoms with Crippen LogP contribution in [-0.4, -0.2) is 0 Å². The molecule has 0 bridgehead atoms. The van der Waals surface area contributed by atoms with Crippen molar-refractivity contribution in [3.05, 3.63) is 85.6 Å². The average Bonchev–Trinajstić information content (AvgIpc) is 2.34. The van der Waals surface area contributed by atoms with Crippen molar-refractivity contribution in [3.63, 3.8) is 0 Å². The quantitative estimate of drug-likeness (QED) is 0.442. The standard InChI is InChI=1S/2C7H7.Au.ClH/c2*1-7-5-3-2-4-6-7;;/h2*2-6H,1H2;;1H/q2*-1;+1;/p-1. The van der Waals surface area contributed by atoms with Crippen molar-refractivity contribution < 1.29 is 20.0 Å². The summed E-state index contributed by atoms with van der Waals surface area (Å²) < 4.78 is 0. The first-order valence-electron chi connectivity index (χ1n) is 4.64. The molecule has 0 saturated heterocycles. The summed E-state index contributed by atoms with van der Waals surface area (Å²) in [7, 11) is 4.58. The Hall–Kier alpha value is -0.790. The molecule has 0 nitrogen and oxygen atoms in total. The first kappa shape index (κ1) is 15.2. The summed E-state index contributed by atoms with van der Waals surface area (Å²) in [5.74, 6) is 0. The molecule has 2 heteroatoms. The van der Waals surface area contributed by atoms with Crippen LogP contribution in [0.5, 0.6) is 0 Å². The SMILES string of the molecule is [CH2-]c1ccccc1.[CH2-]c1ccccc1.[Cl][Au]. The molecule has 0 aliphatic carbocycles. The molecule has 2 aromatic rings. The van der Waals surface area contributed by atoms with Gasteiger partial charge in [-0.15, -0.1) is 24.3 Å². The molecule has 0 aromatic heterocycles. The number of hydrogen-bond donors (Lipinski definition) is 0. The Kier molecular flexibility index (Phi) is 10.2. The molecule has 90 valence electrons. The summed E-state index contributed by atoms with van der Waals surface area (Å²) in [5.41, 5.74) is 2.14. The fourth-order valence-electron chi connectivity index (χ4n) is 0.956. The van der Waals surface area contributed by atoms with E-state index in [0.29, 0.717) is 0 Å². The number of hydrogen-bond acceptors (Lipinski definition) is 0. The third-order valence-corrected chi connectivity index (χ3v) is 1.69. The van der Waals surface area contributed by atoms with Crippen LogP contribution >= 0.6 is 9.19 Å². The van der Waals surface area contributed by atoms with Gasteiger partial charge in [-0.2, -0.15) is 49.2 Å². The van der Waals surface area contributed by atoms with E-state index in [0.717, 1.165) is 11.1 Å². The molecule has 0 aliphatic rings. The summed E-state index contributed by atoms with van der Waals surface area (Å²) >= 11 is 1.75. The van der Waals surface area contributed by atoms with Crippen molar-refractivity contribution in [1.82, 2.24) is 0 Å². The Morgan fingerprint density at radius 3 is 1.00 bits per heavy atom. The van der Waals surface area contributed by atoms with Crippen molar-refractivity contribution in [2.75, 3.05) is 0 Å². The van der Waals surface area contributed by atoms with E-state index in [9.17, 15) is 0 Å². The van der Waals surface area contributed by atoms with Gasteiger partial charge in [0, 0.05) is 0 Å². The predicted molar refractivity (Wildman–Crippen MR) is 67.7 cm³/mol. The summed E-state index contributed by atoms with van der Waals surface area (Å²) in [6.07, 6.45) is 0. The molecule has 0 amide bonds. The summed E-state index contributed by atoms with van der Waals surface area (Å²) in [5, 5.41) is 0. The molecule has 0 fully saturated rings. The Morgan fingerprint density at radius 2 is 0.875 bits per heavy atom. The molecule has 2 rings (SSSR count). The first-order chi connectivity index (χ1) is 7.79. The van der Waals surface area contributed by atoms with Crippen LogP contribution in [0.25, 0.3) is 0 Å². The normalized spacial score (nSPS) is 7.94.